The number of thiophene rings is 1. The molecular formula is C28H41N3O5S2. The topological polar surface area (TPSA) is 117 Å². The van der Waals surface area contributed by atoms with E-state index in [0.29, 0.717) is 18.7 Å². The third-order valence-electron chi connectivity index (χ3n) is 5.82. The maximum Gasteiger partial charge on any atom is 0.408 e. The van der Waals surface area contributed by atoms with Crippen LogP contribution in [-0.4, -0.2) is 59.3 Å². The SMILES string of the molecule is CSCC[C@@H](NC(=O)[C@H](Cc1c(C)cc(O)cc1C)NC(=O)OC(C)(C)C)C(=O)NCCCc1cccs1. The lowest BCUT2D eigenvalue weighted by Crippen LogP contribution is -2.55. The summed E-state index contributed by atoms with van der Waals surface area (Å²) in [5.41, 5.74) is 1.69. The molecule has 2 rings (SSSR count). The first-order valence-corrected chi connectivity index (χ1v) is 15.0. The second-order valence-corrected chi connectivity index (χ2v) is 12.3. The summed E-state index contributed by atoms with van der Waals surface area (Å²) in [5.74, 6) is 0.111. The summed E-state index contributed by atoms with van der Waals surface area (Å²) in [6.45, 7) is 9.43. The summed E-state index contributed by atoms with van der Waals surface area (Å²) in [6.07, 6.45) is 3.55. The van der Waals surface area contributed by atoms with Crippen LogP contribution < -0.4 is 16.0 Å². The highest BCUT2D eigenvalue weighted by Gasteiger charge is 2.29. The summed E-state index contributed by atoms with van der Waals surface area (Å²) in [5, 5.41) is 20.5. The zero-order chi connectivity index (χ0) is 28.3. The van der Waals surface area contributed by atoms with Crippen molar-refractivity contribution in [3.8, 4) is 5.75 Å². The van der Waals surface area contributed by atoms with Crippen molar-refractivity contribution in [1.29, 1.82) is 0 Å². The van der Waals surface area contributed by atoms with Crippen LogP contribution >= 0.6 is 23.1 Å². The van der Waals surface area contributed by atoms with Crippen molar-refractivity contribution in [2.24, 2.45) is 0 Å². The van der Waals surface area contributed by atoms with Gasteiger partial charge >= 0.3 is 6.09 Å². The number of amides is 3. The number of rotatable bonds is 13. The van der Waals surface area contributed by atoms with E-state index in [1.807, 2.05) is 31.5 Å². The van der Waals surface area contributed by atoms with Crippen LogP contribution in [0, 0.1) is 13.8 Å². The Balaban J connectivity index is 2.14. The van der Waals surface area contributed by atoms with Gasteiger partial charge in [-0.25, -0.2) is 4.79 Å². The monoisotopic (exact) mass is 563 g/mol. The summed E-state index contributed by atoms with van der Waals surface area (Å²) in [4.78, 5) is 40.4. The molecule has 0 spiro atoms. The van der Waals surface area contributed by atoms with Gasteiger partial charge < -0.3 is 25.8 Å². The summed E-state index contributed by atoms with van der Waals surface area (Å²) < 4.78 is 5.40. The predicted molar refractivity (Wildman–Crippen MR) is 155 cm³/mol. The third-order valence-corrected chi connectivity index (χ3v) is 7.40. The van der Waals surface area contributed by atoms with E-state index in [4.69, 9.17) is 4.74 Å². The average molecular weight is 564 g/mol. The predicted octanol–water partition coefficient (Wildman–Crippen LogP) is 4.49. The number of phenolic OH excluding ortho intramolecular Hbond substituents is 1. The van der Waals surface area contributed by atoms with Crippen molar-refractivity contribution in [1.82, 2.24) is 16.0 Å². The number of phenols is 1. The highest BCUT2D eigenvalue weighted by molar-refractivity contribution is 7.98. The fourth-order valence-electron chi connectivity index (χ4n) is 3.98. The van der Waals surface area contributed by atoms with Gasteiger partial charge in [-0.3, -0.25) is 9.59 Å². The van der Waals surface area contributed by atoms with E-state index in [2.05, 4.69) is 22.0 Å². The number of alkyl carbamates (subject to hydrolysis) is 1. The molecule has 1 aromatic heterocycles. The second-order valence-electron chi connectivity index (χ2n) is 10.3. The molecule has 0 aliphatic heterocycles. The van der Waals surface area contributed by atoms with Crippen LogP contribution in [0.1, 0.15) is 55.2 Å². The third kappa shape index (κ3) is 10.9. The number of hydrogen-bond donors (Lipinski definition) is 4. The molecule has 4 N–H and O–H groups in total. The lowest BCUT2D eigenvalue weighted by atomic mass is 9.95. The van der Waals surface area contributed by atoms with E-state index in [1.54, 1.807) is 56.0 Å². The van der Waals surface area contributed by atoms with Gasteiger partial charge in [0.2, 0.25) is 11.8 Å². The van der Waals surface area contributed by atoms with Crippen LogP contribution in [0.15, 0.2) is 29.6 Å². The lowest BCUT2D eigenvalue weighted by molar-refractivity contribution is -0.130. The fraction of sp³-hybridized carbons (Fsp3) is 0.536. The normalized spacial score (nSPS) is 12.9. The maximum absolute atomic E-state index is 13.5. The van der Waals surface area contributed by atoms with Crippen molar-refractivity contribution in [3.05, 3.63) is 51.2 Å². The van der Waals surface area contributed by atoms with Gasteiger partial charge in [0.1, 0.15) is 23.4 Å². The van der Waals surface area contributed by atoms with Gasteiger partial charge in [0.25, 0.3) is 0 Å². The quantitative estimate of drug-likeness (QED) is 0.267. The molecule has 1 aromatic carbocycles. The van der Waals surface area contributed by atoms with Crippen LogP contribution in [0.5, 0.6) is 5.75 Å². The molecule has 38 heavy (non-hydrogen) atoms. The van der Waals surface area contributed by atoms with Gasteiger partial charge in [0.05, 0.1) is 0 Å². The minimum absolute atomic E-state index is 0.137. The highest BCUT2D eigenvalue weighted by atomic mass is 32.2. The molecule has 0 saturated carbocycles. The molecule has 2 atom stereocenters. The number of ether oxygens (including phenoxy) is 1. The largest absolute Gasteiger partial charge is 0.508 e. The number of aromatic hydroxyl groups is 1. The molecule has 2 aromatic rings. The Bertz CT molecular complexity index is 1040. The van der Waals surface area contributed by atoms with Crippen LogP contribution in [0.4, 0.5) is 4.79 Å². The smallest absolute Gasteiger partial charge is 0.408 e. The second kappa shape index (κ2) is 15.0. The number of carbonyl (C=O) groups excluding carboxylic acids is 3. The Kier molecular flexibility index (Phi) is 12.4. The van der Waals surface area contributed by atoms with Gasteiger partial charge in [-0.05, 0) is 106 Å². The molecule has 3 amide bonds. The van der Waals surface area contributed by atoms with E-state index in [0.717, 1.165) is 29.5 Å². The summed E-state index contributed by atoms with van der Waals surface area (Å²) in [7, 11) is 0. The minimum Gasteiger partial charge on any atom is -0.508 e. The number of nitrogens with one attached hydrogen (secondary N) is 3. The van der Waals surface area contributed by atoms with Crippen LogP contribution in [0.2, 0.25) is 0 Å². The number of benzene rings is 1. The van der Waals surface area contributed by atoms with Crippen molar-refractivity contribution in [3.63, 3.8) is 0 Å². The molecule has 0 bridgehead atoms. The van der Waals surface area contributed by atoms with Crippen LogP contribution in [0.3, 0.4) is 0 Å². The summed E-state index contributed by atoms with van der Waals surface area (Å²) >= 11 is 3.28. The van der Waals surface area contributed by atoms with E-state index in [1.165, 1.54) is 4.88 Å². The number of thioether (sulfide) groups is 1. The molecule has 0 saturated heterocycles. The molecule has 0 aliphatic carbocycles. The molecule has 10 heteroatoms. The molecule has 210 valence electrons. The lowest BCUT2D eigenvalue weighted by Gasteiger charge is -2.26. The van der Waals surface area contributed by atoms with E-state index >= 15 is 0 Å². The minimum atomic E-state index is -0.977. The zero-order valence-electron chi connectivity index (χ0n) is 23.2. The van der Waals surface area contributed by atoms with E-state index in [9.17, 15) is 19.5 Å². The first-order valence-electron chi connectivity index (χ1n) is 12.8. The Morgan fingerprint density at radius 2 is 1.76 bits per heavy atom. The molecular weight excluding hydrogens is 522 g/mol. The average Bonchev–Trinajstić information content (AvgIpc) is 3.33. The van der Waals surface area contributed by atoms with Crippen LogP contribution in [0.25, 0.3) is 0 Å². The first kappa shape index (κ1) is 31.5. The van der Waals surface area contributed by atoms with Gasteiger partial charge in [-0.1, -0.05) is 6.07 Å². The van der Waals surface area contributed by atoms with Crippen molar-refractivity contribution in [2.45, 2.75) is 78.0 Å². The molecule has 0 unspecified atom stereocenters. The van der Waals surface area contributed by atoms with Gasteiger partial charge in [-0.15, -0.1) is 11.3 Å². The molecule has 8 nitrogen and oxygen atoms in total. The van der Waals surface area contributed by atoms with Gasteiger partial charge in [0, 0.05) is 17.8 Å². The highest BCUT2D eigenvalue weighted by Crippen LogP contribution is 2.22. The Labute approximate surface area is 234 Å². The Morgan fingerprint density at radius 3 is 2.34 bits per heavy atom. The number of carbonyl (C=O) groups is 3. The molecule has 0 radical (unpaired) electrons. The summed E-state index contributed by atoms with van der Waals surface area (Å²) in [6, 6.07) is 5.61. The van der Waals surface area contributed by atoms with E-state index in [-0.39, 0.29) is 18.1 Å². The van der Waals surface area contributed by atoms with Crippen molar-refractivity contribution >= 4 is 41.0 Å². The Hall–Kier alpha value is -2.72. The van der Waals surface area contributed by atoms with Crippen molar-refractivity contribution < 1.29 is 24.2 Å². The molecule has 0 aliphatic rings. The zero-order valence-corrected chi connectivity index (χ0v) is 24.8. The number of aryl methyl sites for hydroxylation is 3. The molecule has 0 fully saturated rings. The maximum atomic E-state index is 13.5. The standard InChI is InChI=1S/C28H41N3O5S2/c1-18-15-20(32)16-19(2)22(18)17-24(31-27(35)36-28(3,4)5)26(34)30-23(11-14-37-6)25(33)29-12-7-9-21-10-8-13-38-21/h8,10,13,15-16,23-24,32H,7,9,11-12,14,17H2,1-6H3,(H,29,33)(H,30,34)(H,31,35)/t23-,24+/m1/s1. The van der Waals surface area contributed by atoms with Crippen molar-refractivity contribution in [2.75, 3.05) is 18.6 Å². The molecule has 1 heterocycles. The van der Waals surface area contributed by atoms with Gasteiger partial charge in [0.15, 0.2) is 0 Å². The van der Waals surface area contributed by atoms with Crippen LogP contribution in [-0.2, 0) is 27.2 Å². The number of hydrogen-bond acceptors (Lipinski definition) is 7. The van der Waals surface area contributed by atoms with Gasteiger partial charge in [-0.2, -0.15) is 11.8 Å². The fourth-order valence-corrected chi connectivity index (χ4v) is 5.21. The van der Waals surface area contributed by atoms with E-state index < -0.39 is 29.7 Å². The Morgan fingerprint density at radius 1 is 1.08 bits per heavy atom. The first-order chi connectivity index (χ1) is 17.9.